The molecule has 3 aliphatic rings. The number of hydrogen-bond acceptors (Lipinski definition) is 4. The molecule has 0 radical (unpaired) electrons. The molecule has 6 heteroatoms. The molecule has 1 aliphatic carbocycles. The maximum absolute atomic E-state index is 12.8. The highest BCUT2D eigenvalue weighted by Gasteiger charge is 2.38. The monoisotopic (exact) mass is 289 g/mol. The second kappa shape index (κ2) is 5.40. The summed E-state index contributed by atoms with van der Waals surface area (Å²) in [5.74, 6) is 1.87. The molecule has 0 spiro atoms. The topological polar surface area (TPSA) is 73.9 Å². The lowest BCUT2D eigenvalue weighted by Gasteiger charge is -2.26. The van der Waals surface area contributed by atoms with Crippen molar-refractivity contribution in [2.24, 2.45) is 17.8 Å². The van der Waals surface area contributed by atoms with Crippen molar-refractivity contribution in [3.63, 3.8) is 0 Å². The molecule has 3 atom stereocenters. The van der Waals surface area contributed by atoms with E-state index in [-0.39, 0.29) is 5.92 Å². The zero-order chi connectivity index (χ0) is 14.2. The van der Waals surface area contributed by atoms with Crippen molar-refractivity contribution in [2.75, 3.05) is 26.2 Å². The van der Waals surface area contributed by atoms with Gasteiger partial charge in [-0.2, -0.15) is 0 Å². The molecule has 2 saturated heterocycles. The molecular weight excluding hydrogens is 266 g/mol. The summed E-state index contributed by atoms with van der Waals surface area (Å²) in [4.78, 5) is 14.9. The molecule has 6 nitrogen and oxygen atoms in total. The van der Waals surface area contributed by atoms with Crippen molar-refractivity contribution in [3.05, 3.63) is 11.4 Å². The molecule has 21 heavy (non-hydrogen) atoms. The molecule has 0 aromatic carbocycles. The second-order valence-corrected chi connectivity index (χ2v) is 6.77. The first-order chi connectivity index (χ1) is 10.3. The van der Waals surface area contributed by atoms with Gasteiger partial charge in [-0.15, -0.1) is 5.10 Å². The van der Waals surface area contributed by atoms with Crippen LogP contribution in [0.1, 0.15) is 30.7 Å². The van der Waals surface area contributed by atoms with Gasteiger partial charge in [-0.3, -0.25) is 9.89 Å². The fourth-order valence-corrected chi connectivity index (χ4v) is 4.23. The number of likely N-dealkylation sites (tertiary alicyclic amines) is 1. The summed E-state index contributed by atoms with van der Waals surface area (Å²) in [6.45, 7) is 4.14. The number of rotatable bonds is 1. The zero-order valence-corrected chi connectivity index (χ0v) is 12.3. The smallest absolute Gasteiger partial charge is 0.226 e. The Morgan fingerprint density at radius 3 is 2.67 bits per heavy atom. The Morgan fingerprint density at radius 2 is 1.90 bits per heavy atom. The molecule has 1 aromatic rings. The van der Waals surface area contributed by atoms with Gasteiger partial charge in [0.1, 0.15) is 0 Å². The minimum Gasteiger partial charge on any atom is -0.342 e. The summed E-state index contributed by atoms with van der Waals surface area (Å²) in [7, 11) is 0. The molecule has 2 aliphatic heterocycles. The Kier molecular flexibility index (Phi) is 3.41. The minimum absolute atomic E-state index is 0.114. The van der Waals surface area contributed by atoms with Crippen LogP contribution in [0.3, 0.4) is 0 Å². The fraction of sp³-hybridized carbons (Fsp3) is 0.800. The van der Waals surface area contributed by atoms with Crippen LogP contribution < -0.4 is 5.32 Å². The van der Waals surface area contributed by atoms with Gasteiger partial charge < -0.3 is 10.2 Å². The molecular formula is C15H23N5O. The zero-order valence-electron chi connectivity index (χ0n) is 12.3. The van der Waals surface area contributed by atoms with Crippen molar-refractivity contribution in [1.29, 1.82) is 0 Å². The number of carbonyl (C=O) groups excluding carboxylic acids is 1. The van der Waals surface area contributed by atoms with Crippen molar-refractivity contribution < 1.29 is 4.79 Å². The molecule has 2 fully saturated rings. The Bertz CT molecular complexity index is 514. The quantitative estimate of drug-likeness (QED) is 0.783. The maximum atomic E-state index is 12.8. The molecule has 114 valence electrons. The Labute approximate surface area is 124 Å². The lowest BCUT2D eigenvalue weighted by atomic mass is 9.89. The highest BCUT2D eigenvalue weighted by molar-refractivity contribution is 5.79. The van der Waals surface area contributed by atoms with Crippen LogP contribution in [-0.4, -0.2) is 52.4 Å². The lowest BCUT2D eigenvalue weighted by molar-refractivity contribution is -0.135. The predicted octanol–water partition coefficient (Wildman–Crippen LogP) is 0.368. The van der Waals surface area contributed by atoms with Gasteiger partial charge in [-0.25, -0.2) is 0 Å². The van der Waals surface area contributed by atoms with E-state index in [2.05, 4.69) is 25.6 Å². The van der Waals surface area contributed by atoms with Gasteiger partial charge in [0.2, 0.25) is 5.91 Å². The number of nitrogens with zero attached hydrogens (tertiary/aromatic N) is 3. The highest BCUT2D eigenvalue weighted by Crippen LogP contribution is 2.32. The number of fused-ring (bicyclic) bond motifs is 2. The summed E-state index contributed by atoms with van der Waals surface area (Å²) >= 11 is 0. The molecule has 0 saturated carbocycles. The van der Waals surface area contributed by atoms with Gasteiger partial charge in [-0.05, 0) is 50.6 Å². The van der Waals surface area contributed by atoms with Gasteiger partial charge in [0.25, 0.3) is 0 Å². The molecule has 0 unspecified atom stereocenters. The standard InChI is InChI=1S/C15H23N5O/c21-15(10-1-2-13-14(7-10)18-19-17-13)20-8-11-3-5-16-6-4-12(11)9-20/h10-12,16H,1-9H2,(H,17,18,19)/t10-,11-,12+/m1/s1. The van der Waals surface area contributed by atoms with Crippen LogP contribution >= 0.6 is 0 Å². The van der Waals surface area contributed by atoms with Gasteiger partial charge in [0.15, 0.2) is 0 Å². The van der Waals surface area contributed by atoms with E-state index in [4.69, 9.17) is 0 Å². The molecule has 4 rings (SSSR count). The first-order valence-corrected chi connectivity index (χ1v) is 8.19. The number of aromatic nitrogens is 3. The van der Waals surface area contributed by atoms with E-state index in [1.165, 1.54) is 12.8 Å². The first kappa shape index (κ1) is 13.2. The van der Waals surface area contributed by atoms with Crippen molar-refractivity contribution in [1.82, 2.24) is 25.6 Å². The van der Waals surface area contributed by atoms with Gasteiger partial charge in [0, 0.05) is 25.4 Å². The average Bonchev–Trinajstić information content (AvgIpc) is 3.08. The fourth-order valence-electron chi connectivity index (χ4n) is 4.23. The Hall–Kier alpha value is -1.43. The number of aromatic amines is 1. The molecule has 1 aromatic heterocycles. The van der Waals surface area contributed by atoms with E-state index in [1.54, 1.807) is 0 Å². The van der Waals surface area contributed by atoms with Gasteiger partial charge in [0.05, 0.1) is 11.4 Å². The Balaban J connectivity index is 1.42. The van der Waals surface area contributed by atoms with Crippen LogP contribution in [0.15, 0.2) is 0 Å². The second-order valence-electron chi connectivity index (χ2n) is 6.77. The summed E-state index contributed by atoms with van der Waals surface area (Å²) in [5, 5.41) is 14.4. The van der Waals surface area contributed by atoms with Gasteiger partial charge in [-0.1, -0.05) is 5.21 Å². The predicted molar refractivity (Wildman–Crippen MR) is 77.6 cm³/mol. The number of amides is 1. The number of nitrogens with one attached hydrogen (secondary N) is 2. The Morgan fingerprint density at radius 1 is 1.14 bits per heavy atom. The largest absolute Gasteiger partial charge is 0.342 e. The van der Waals surface area contributed by atoms with Crippen molar-refractivity contribution in [3.8, 4) is 0 Å². The molecule has 0 bridgehead atoms. The molecule has 3 heterocycles. The third kappa shape index (κ3) is 2.46. The summed E-state index contributed by atoms with van der Waals surface area (Å²) in [6, 6.07) is 0. The molecule has 2 N–H and O–H groups in total. The lowest BCUT2D eigenvalue weighted by Crippen LogP contribution is -2.37. The van der Waals surface area contributed by atoms with Crippen molar-refractivity contribution >= 4 is 5.91 Å². The normalized spacial score (nSPS) is 32.4. The number of hydrogen-bond donors (Lipinski definition) is 2. The number of carbonyl (C=O) groups is 1. The SMILES string of the molecule is O=C([C@@H]1CCc2[nH]nnc2C1)N1C[C@H]2CCNCC[C@H]2C1. The number of aryl methyl sites for hydroxylation is 1. The van der Waals surface area contributed by atoms with Gasteiger partial charge >= 0.3 is 0 Å². The van der Waals surface area contributed by atoms with Crippen LogP contribution in [0.5, 0.6) is 0 Å². The van der Waals surface area contributed by atoms with E-state index in [0.717, 1.165) is 56.8 Å². The average molecular weight is 289 g/mol. The van der Waals surface area contributed by atoms with Crippen LogP contribution in [0.2, 0.25) is 0 Å². The van der Waals surface area contributed by atoms with E-state index in [9.17, 15) is 4.79 Å². The van der Waals surface area contributed by atoms with E-state index in [0.29, 0.717) is 17.7 Å². The van der Waals surface area contributed by atoms with Crippen LogP contribution in [0.4, 0.5) is 0 Å². The maximum Gasteiger partial charge on any atom is 0.226 e. The summed E-state index contributed by atoms with van der Waals surface area (Å²) in [5.41, 5.74) is 2.12. The van der Waals surface area contributed by atoms with Crippen molar-refractivity contribution in [2.45, 2.75) is 32.1 Å². The van der Waals surface area contributed by atoms with E-state index >= 15 is 0 Å². The minimum atomic E-state index is 0.114. The van der Waals surface area contributed by atoms with E-state index < -0.39 is 0 Å². The van der Waals surface area contributed by atoms with E-state index in [1.807, 2.05) is 0 Å². The third-order valence-corrected chi connectivity index (χ3v) is 5.51. The van der Waals surface area contributed by atoms with Crippen LogP contribution in [0.25, 0.3) is 0 Å². The first-order valence-electron chi connectivity index (χ1n) is 8.19. The highest BCUT2D eigenvalue weighted by atomic mass is 16.2. The van der Waals surface area contributed by atoms with Crippen LogP contribution in [-0.2, 0) is 17.6 Å². The molecule has 1 amide bonds. The van der Waals surface area contributed by atoms with Crippen LogP contribution in [0, 0.1) is 17.8 Å². The third-order valence-electron chi connectivity index (χ3n) is 5.51. The summed E-state index contributed by atoms with van der Waals surface area (Å²) < 4.78 is 0. The summed E-state index contributed by atoms with van der Waals surface area (Å²) in [6.07, 6.45) is 5.03. The number of H-pyrrole nitrogens is 1.